The van der Waals surface area contributed by atoms with Crippen LogP contribution in [-0.2, 0) is 23.7 Å². The highest BCUT2D eigenvalue weighted by Crippen LogP contribution is 2.61. The van der Waals surface area contributed by atoms with Gasteiger partial charge in [0, 0.05) is 16.9 Å². The highest BCUT2D eigenvalue weighted by Gasteiger charge is 2.48. The molecule has 0 fully saturated rings. The highest BCUT2D eigenvalue weighted by atomic mass is 15.1. The van der Waals surface area contributed by atoms with Gasteiger partial charge in [0.1, 0.15) is 0 Å². The molecule has 0 spiro atoms. The summed E-state index contributed by atoms with van der Waals surface area (Å²) in [6.07, 6.45) is 4.75. The number of anilines is 3. The molecule has 0 saturated heterocycles. The summed E-state index contributed by atoms with van der Waals surface area (Å²) in [5.74, 6) is 0. The number of para-hydroxylation sites is 1. The van der Waals surface area contributed by atoms with E-state index in [1.54, 1.807) is 0 Å². The molecule has 10 aromatic rings. The van der Waals surface area contributed by atoms with Gasteiger partial charge in [-0.3, -0.25) is 0 Å². The van der Waals surface area contributed by atoms with Crippen LogP contribution in [0.4, 0.5) is 17.1 Å². The molecule has 0 atom stereocenters. The van der Waals surface area contributed by atoms with Crippen molar-refractivity contribution in [2.24, 2.45) is 0 Å². The lowest BCUT2D eigenvalue weighted by Crippen LogP contribution is -2.29. The fraction of sp³-hybridized carbons (Fsp3) is 0.0909. The average Bonchev–Trinajstić information content (AvgIpc) is 3.87. The van der Waals surface area contributed by atoms with Crippen LogP contribution in [-0.4, -0.2) is 0 Å². The van der Waals surface area contributed by atoms with Gasteiger partial charge in [0.2, 0.25) is 0 Å². The minimum atomic E-state index is -0.560. The van der Waals surface area contributed by atoms with E-state index in [-0.39, 0.29) is 0 Å². The van der Waals surface area contributed by atoms with Gasteiger partial charge in [-0.05, 0) is 146 Å². The first-order valence-electron chi connectivity index (χ1n) is 24.0. The van der Waals surface area contributed by atoms with Crippen LogP contribution >= 0.6 is 0 Å². The van der Waals surface area contributed by atoms with E-state index in [4.69, 9.17) is 0 Å². The quantitative estimate of drug-likeness (QED) is 0.147. The first kappa shape index (κ1) is 39.4. The lowest BCUT2D eigenvalue weighted by atomic mass is 9.67. The molecule has 0 heterocycles. The third-order valence-electron chi connectivity index (χ3n) is 15.2. The van der Waals surface area contributed by atoms with E-state index in [2.05, 4.69) is 254 Å². The van der Waals surface area contributed by atoms with Crippen LogP contribution in [0.3, 0.4) is 0 Å². The first-order chi connectivity index (χ1) is 33.2. The molecular weight excluding hydrogens is 807 g/mol. The monoisotopic (exact) mass is 855 g/mol. The van der Waals surface area contributed by atoms with Gasteiger partial charge in [-0.25, -0.2) is 0 Å². The van der Waals surface area contributed by atoms with Crippen molar-refractivity contribution in [3.63, 3.8) is 0 Å². The molecule has 3 aliphatic carbocycles. The topological polar surface area (TPSA) is 3.24 Å². The maximum Gasteiger partial charge on any atom is 0.0714 e. The van der Waals surface area contributed by atoms with Crippen LogP contribution in [0, 0.1) is 0 Å². The molecule has 318 valence electrons. The summed E-state index contributed by atoms with van der Waals surface area (Å²) >= 11 is 0. The van der Waals surface area contributed by atoms with Gasteiger partial charge in [-0.15, -0.1) is 0 Å². The number of nitrogens with zero attached hydrogens (tertiary/aromatic N) is 1. The van der Waals surface area contributed by atoms with Crippen molar-refractivity contribution in [1.29, 1.82) is 0 Å². The Morgan fingerprint density at radius 2 is 0.731 bits per heavy atom. The molecule has 0 amide bonds. The Balaban J connectivity index is 1.14. The van der Waals surface area contributed by atoms with E-state index in [1.807, 2.05) is 0 Å². The Hall–Kier alpha value is -8.00. The smallest absolute Gasteiger partial charge is 0.0714 e. The van der Waals surface area contributed by atoms with E-state index >= 15 is 0 Å². The third-order valence-corrected chi connectivity index (χ3v) is 15.2. The number of fused-ring (bicyclic) bond motifs is 7. The SMILES string of the molecule is c1ccc(N(c2ccc3c(c2)C(c2ccccc2)(c2ccccc2)c2ccccc2-3)c2cc3c(cc2-c2ccc4c(c2)CCCC4)-c2ccccc2C3(c2ccccc2)c2ccccc2)cc1. The van der Waals surface area contributed by atoms with Crippen molar-refractivity contribution in [3.05, 3.63) is 304 Å². The minimum Gasteiger partial charge on any atom is -0.310 e. The second kappa shape index (κ2) is 15.9. The fourth-order valence-corrected chi connectivity index (χ4v) is 12.4. The van der Waals surface area contributed by atoms with Gasteiger partial charge in [-0.2, -0.15) is 0 Å². The Labute approximate surface area is 394 Å². The molecular formula is C66H49N. The number of rotatable bonds is 8. The Morgan fingerprint density at radius 3 is 1.28 bits per heavy atom. The van der Waals surface area contributed by atoms with Crippen LogP contribution in [0.1, 0.15) is 68.5 Å². The van der Waals surface area contributed by atoms with Gasteiger partial charge in [0.05, 0.1) is 16.5 Å². The number of hydrogen-bond acceptors (Lipinski definition) is 1. The molecule has 1 heteroatoms. The van der Waals surface area contributed by atoms with Crippen molar-refractivity contribution in [3.8, 4) is 33.4 Å². The zero-order valence-electron chi connectivity index (χ0n) is 37.4. The fourth-order valence-electron chi connectivity index (χ4n) is 12.4. The second-order valence-electron chi connectivity index (χ2n) is 18.6. The van der Waals surface area contributed by atoms with E-state index < -0.39 is 10.8 Å². The van der Waals surface area contributed by atoms with E-state index in [0.717, 1.165) is 29.9 Å². The van der Waals surface area contributed by atoms with Crippen LogP contribution in [0.25, 0.3) is 33.4 Å². The van der Waals surface area contributed by atoms with Crippen molar-refractivity contribution in [2.75, 3.05) is 4.90 Å². The molecule has 3 aliphatic rings. The van der Waals surface area contributed by atoms with Crippen molar-refractivity contribution in [1.82, 2.24) is 0 Å². The van der Waals surface area contributed by atoms with Crippen LogP contribution in [0.15, 0.2) is 249 Å². The van der Waals surface area contributed by atoms with Crippen molar-refractivity contribution in [2.45, 2.75) is 36.5 Å². The summed E-state index contributed by atoms with van der Waals surface area (Å²) < 4.78 is 0. The number of hydrogen-bond donors (Lipinski definition) is 0. The summed E-state index contributed by atoms with van der Waals surface area (Å²) in [7, 11) is 0. The van der Waals surface area contributed by atoms with Gasteiger partial charge in [0.15, 0.2) is 0 Å². The minimum absolute atomic E-state index is 0.538. The largest absolute Gasteiger partial charge is 0.310 e. The van der Waals surface area contributed by atoms with Crippen molar-refractivity contribution >= 4 is 17.1 Å². The Morgan fingerprint density at radius 1 is 0.284 bits per heavy atom. The average molecular weight is 856 g/mol. The van der Waals surface area contributed by atoms with Crippen molar-refractivity contribution < 1.29 is 0 Å². The Kier molecular flexibility index (Phi) is 9.32. The van der Waals surface area contributed by atoms with Gasteiger partial charge in [-0.1, -0.05) is 212 Å². The second-order valence-corrected chi connectivity index (χ2v) is 18.6. The third kappa shape index (κ3) is 5.94. The lowest BCUT2D eigenvalue weighted by molar-refractivity contribution is 0.686. The number of aryl methyl sites for hydroxylation is 2. The molecule has 0 saturated carbocycles. The van der Waals surface area contributed by atoms with Gasteiger partial charge in [0.25, 0.3) is 0 Å². The summed E-state index contributed by atoms with van der Waals surface area (Å²) in [6.45, 7) is 0. The molecule has 0 N–H and O–H groups in total. The molecule has 0 radical (unpaired) electrons. The molecule has 1 nitrogen and oxygen atoms in total. The molecule has 0 aliphatic heterocycles. The Bertz CT molecular complexity index is 3370. The predicted octanol–water partition coefficient (Wildman–Crippen LogP) is 16.4. The number of benzene rings is 10. The maximum absolute atomic E-state index is 2.57. The standard InChI is InChI=1S/C66H49N/c1-6-24-49(25-7-1)65(50-26-8-2-9-27-50)60-36-20-18-34-55(60)57-41-40-54(43-62(57)65)67(53-32-14-5-15-33-53)64-45-63-59(44-58(64)48-39-38-46-22-16-17-23-47(46)42-48)56-35-19-21-37-61(56)66(63,51-28-10-3-11-29-51)52-30-12-4-13-31-52/h1-15,18-21,24-45H,16-17,22-23H2. The maximum atomic E-state index is 2.57. The summed E-state index contributed by atoms with van der Waals surface area (Å²) in [5, 5.41) is 0. The van der Waals surface area contributed by atoms with Gasteiger partial charge < -0.3 is 4.90 Å². The molecule has 0 bridgehead atoms. The summed E-state index contributed by atoms with van der Waals surface area (Å²) in [6, 6.07) is 93.7. The highest BCUT2D eigenvalue weighted by molar-refractivity contribution is 5.98. The van der Waals surface area contributed by atoms with Crippen LogP contribution < -0.4 is 4.90 Å². The summed E-state index contributed by atoms with van der Waals surface area (Å²) in [5.41, 5.74) is 23.1. The van der Waals surface area contributed by atoms with Crippen LogP contribution in [0.5, 0.6) is 0 Å². The van der Waals surface area contributed by atoms with E-state index in [9.17, 15) is 0 Å². The first-order valence-corrected chi connectivity index (χ1v) is 24.0. The molecule has 0 aromatic heterocycles. The zero-order chi connectivity index (χ0) is 44.4. The predicted molar refractivity (Wildman–Crippen MR) is 278 cm³/mol. The van der Waals surface area contributed by atoms with E-state index in [1.165, 1.54) is 102 Å². The van der Waals surface area contributed by atoms with E-state index in [0.29, 0.717) is 0 Å². The van der Waals surface area contributed by atoms with Crippen LogP contribution in [0.2, 0.25) is 0 Å². The van der Waals surface area contributed by atoms with Gasteiger partial charge >= 0.3 is 0 Å². The molecule has 67 heavy (non-hydrogen) atoms. The molecule has 10 aromatic carbocycles. The summed E-state index contributed by atoms with van der Waals surface area (Å²) in [4.78, 5) is 2.56. The molecule has 13 rings (SSSR count). The molecule has 0 unspecified atom stereocenters. The normalized spacial score (nSPS) is 14.6. The lowest BCUT2D eigenvalue weighted by Gasteiger charge is -2.36. The zero-order valence-corrected chi connectivity index (χ0v) is 37.4.